The Kier molecular flexibility index (Phi) is 6.95. The number of amides is 1. The highest BCUT2D eigenvalue weighted by molar-refractivity contribution is 5.83. The number of carbonyl (C=O) groups excluding carboxylic acids is 1. The summed E-state index contributed by atoms with van der Waals surface area (Å²) in [4.78, 5) is 12.5. The van der Waals surface area contributed by atoms with E-state index < -0.39 is 12.0 Å². The number of nitrogens with two attached hydrogens (primary N) is 1. The molecule has 2 rings (SSSR count). The highest BCUT2D eigenvalue weighted by Crippen LogP contribution is 2.30. The Morgan fingerprint density at radius 3 is 2.68 bits per heavy atom. The third-order valence-electron chi connectivity index (χ3n) is 4.47. The summed E-state index contributed by atoms with van der Waals surface area (Å²) in [6, 6.07) is 4.80. The molecular formula is C17H24F2N2O4. The minimum atomic E-state index is -2.93. The number of ether oxygens (including phenoxy) is 3. The molecule has 0 aromatic heterocycles. The fourth-order valence-electron chi connectivity index (χ4n) is 2.86. The Labute approximate surface area is 145 Å². The number of methoxy groups -OCH3 is 1. The molecule has 3 N–H and O–H groups in total. The first kappa shape index (κ1) is 19.4. The quantitative estimate of drug-likeness (QED) is 0.739. The van der Waals surface area contributed by atoms with E-state index in [2.05, 4.69) is 10.1 Å². The molecule has 140 valence electrons. The molecule has 0 saturated carbocycles. The van der Waals surface area contributed by atoms with E-state index in [0.717, 1.165) is 5.56 Å². The van der Waals surface area contributed by atoms with Crippen molar-refractivity contribution in [2.45, 2.75) is 25.9 Å². The van der Waals surface area contributed by atoms with Gasteiger partial charge in [-0.2, -0.15) is 8.78 Å². The van der Waals surface area contributed by atoms with Gasteiger partial charge < -0.3 is 25.3 Å². The zero-order chi connectivity index (χ0) is 18.3. The van der Waals surface area contributed by atoms with Gasteiger partial charge in [0.15, 0.2) is 11.5 Å². The van der Waals surface area contributed by atoms with Gasteiger partial charge in [-0.3, -0.25) is 4.79 Å². The first-order valence-corrected chi connectivity index (χ1v) is 8.18. The standard InChI is InChI=1S/C17H24F2N2O4/c1-23-13-3-2-12(10-14(13)25-16(18)19)4-7-21-15(22)17(11-20)5-8-24-9-6-17/h2-3,10,16H,4-9,11,20H2,1H3,(H,21,22). The highest BCUT2D eigenvalue weighted by atomic mass is 19.3. The molecule has 0 unspecified atom stereocenters. The van der Waals surface area contributed by atoms with Gasteiger partial charge in [-0.25, -0.2) is 0 Å². The van der Waals surface area contributed by atoms with Crippen LogP contribution in [0.2, 0.25) is 0 Å². The van der Waals surface area contributed by atoms with Gasteiger partial charge in [0.1, 0.15) is 0 Å². The maximum Gasteiger partial charge on any atom is 0.387 e. The van der Waals surface area contributed by atoms with E-state index in [-0.39, 0.29) is 24.0 Å². The minimum Gasteiger partial charge on any atom is -0.493 e. The van der Waals surface area contributed by atoms with Crippen LogP contribution in [0.3, 0.4) is 0 Å². The van der Waals surface area contributed by atoms with Crippen LogP contribution in [0.1, 0.15) is 18.4 Å². The van der Waals surface area contributed by atoms with Gasteiger partial charge in [0, 0.05) is 26.3 Å². The second-order valence-electron chi connectivity index (χ2n) is 5.97. The fraction of sp³-hybridized carbons (Fsp3) is 0.588. The van der Waals surface area contributed by atoms with Crippen LogP contribution in [0.25, 0.3) is 0 Å². The Hall–Kier alpha value is -1.93. The molecule has 1 aliphatic heterocycles. The molecule has 1 fully saturated rings. The van der Waals surface area contributed by atoms with Crippen LogP contribution in [-0.2, 0) is 16.0 Å². The number of nitrogens with one attached hydrogen (secondary N) is 1. The second kappa shape index (κ2) is 8.96. The van der Waals surface area contributed by atoms with Crippen molar-refractivity contribution in [2.24, 2.45) is 11.1 Å². The molecule has 0 radical (unpaired) electrons. The lowest BCUT2D eigenvalue weighted by molar-refractivity contribution is -0.135. The van der Waals surface area contributed by atoms with Crippen molar-refractivity contribution in [2.75, 3.05) is 33.4 Å². The highest BCUT2D eigenvalue weighted by Gasteiger charge is 2.38. The molecule has 6 nitrogen and oxygen atoms in total. The van der Waals surface area contributed by atoms with Crippen molar-refractivity contribution < 1.29 is 27.8 Å². The predicted octanol–water partition coefficient (Wildman–Crippen LogP) is 1.71. The lowest BCUT2D eigenvalue weighted by atomic mass is 9.79. The molecule has 1 aromatic rings. The average molecular weight is 358 g/mol. The molecule has 8 heteroatoms. The fourth-order valence-corrected chi connectivity index (χ4v) is 2.86. The summed E-state index contributed by atoms with van der Waals surface area (Å²) in [6.07, 6.45) is 1.68. The van der Waals surface area contributed by atoms with Crippen molar-refractivity contribution in [3.8, 4) is 11.5 Å². The topological polar surface area (TPSA) is 82.8 Å². The number of carbonyl (C=O) groups is 1. The van der Waals surface area contributed by atoms with Crippen LogP contribution in [0.5, 0.6) is 11.5 Å². The molecule has 0 atom stereocenters. The molecule has 1 saturated heterocycles. The van der Waals surface area contributed by atoms with Gasteiger partial charge in [0.05, 0.1) is 12.5 Å². The zero-order valence-corrected chi connectivity index (χ0v) is 14.2. The molecule has 25 heavy (non-hydrogen) atoms. The zero-order valence-electron chi connectivity index (χ0n) is 14.2. The van der Waals surface area contributed by atoms with E-state index in [0.29, 0.717) is 39.0 Å². The van der Waals surface area contributed by atoms with Crippen molar-refractivity contribution in [1.82, 2.24) is 5.32 Å². The van der Waals surface area contributed by atoms with Crippen molar-refractivity contribution in [3.63, 3.8) is 0 Å². The van der Waals surface area contributed by atoms with E-state index in [1.54, 1.807) is 12.1 Å². The van der Waals surface area contributed by atoms with Gasteiger partial charge in [0.25, 0.3) is 0 Å². The van der Waals surface area contributed by atoms with Crippen LogP contribution in [-0.4, -0.2) is 45.9 Å². The average Bonchev–Trinajstić information content (AvgIpc) is 2.62. The summed E-state index contributed by atoms with van der Waals surface area (Å²) >= 11 is 0. The Bertz CT molecular complexity index is 578. The monoisotopic (exact) mass is 358 g/mol. The summed E-state index contributed by atoms with van der Waals surface area (Å²) in [6.45, 7) is -1.23. The predicted molar refractivity (Wildman–Crippen MR) is 87.9 cm³/mol. The maximum absolute atomic E-state index is 12.5. The Morgan fingerprint density at radius 2 is 2.08 bits per heavy atom. The van der Waals surface area contributed by atoms with Gasteiger partial charge in [-0.05, 0) is 37.0 Å². The minimum absolute atomic E-state index is 0.0239. The van der Waals surface area contributed by atoms with E-state index in [1.165, 1.54) is 13.2 Å². The smallest absolute Gasteiger partial charge is 0.387 e. The first-order chi connectivity index (χ1) is 12.0. The third kappa shape index (κ3) is 5.02. The summed E-state index contributed by atoms with van der Waals surface area (Å²) in [5.41, 5.74) is 5.98. The van der Waals surface area contributed by atoms with Gasteiger partial charge in [-0.1, -0.05) is 6.07 Å². The van der Waals surface area contributed by atoms with Gasteiger partial charge >= 0.3 is 6.61 Å². The molecule has 1 aromatic carbocycles. The molecule has 1 heterocycles. The molecular weight excluding hydrogens is 334 g/mol. The van der Waals surface area contributed by atoms with Gasteiger partial charge in [0.2, 0.25) is 5.91 Å². The van der Waals surface area contributed by atoms with E-state index >= 15 is 0 Å². The Morgan fingerprint density at radius 1 is 1.36 bits per heavy atom. The molecule has 0 spiro atoms. The van der Waals surface area contributed by atoms with Crippen LogP contribution in [0, 0.1) is 5.41 Å². The summed E-state index contributed by atoms with van der Waals surface area (Å²) in [5.74, 6) is 0.123. The third-order valence-corrected chi connectivity index (χ3v) is 4.47. The normalized spacial score (nSPS) is 16.5. The van der Waals surface area contributed by atoms with Crippen LogP contribution >= 0.6 is 0 Å². The van der Waals surface area contributed by atoms with Gasteiger partial charge in [-0.15, -0.1) is 0 Å². The van der Waals surface area contributed by atoms with Crippen LogP contribution in [0.15, 0.2) is 18.2 Å². The number of halogens is 2. The summed E-state index contributed by atoms with van der Waals surface area (Å²) in [7, 11) is 1.38. The number of hydrogen-bond acceptors (Lipinski definition) is 5. The number of hydrogen-bond donors (Lipinski definition) is 2. The SMILES string of the molecule is COc1ccc(CCNC(=O)C2(CN)CCOCC2)cc1OC(F)F. The van der Waals surface area contributed by atoms with Crippen LogP contribution < -0.4 is 20.5 Å². The van der Waals surface area contributed by atoms with Crippen molar-refractivity contribution in [1.29, 1.82) is 0 Å². The van der Waals surface area contributed by atoms with E-state index in [4.69, 9.17) is 15.2 Å². The van der Waals surface area contributed by atoms with E-state index in [9.17, 15) is 13.6 Å². The van der Waals surface area contributed by atoms with E-state index in [1.807, 2.05) is 0 Å². The Balaban J connectivity index is 1.93. The lowest BCUT2D eigenvalue weighted by Gasteiger charge is -2.34. The van der Waals surface area contributed by atoms with Crippen LogP contribution in [0.4, 0.5) is 8.78 Å². The summed E-state index contributed by atoms with van der Waals surface area (Å²) < 4.78 is 39.7. The number of alkyl halides is 2. The second-order valence-corrected chi connectivity index (χ2v) is 5.97. The first-order valence-electron chi connectivity index (χ1n) is 8.18. The van der Waals surface area contributed by atoms with Crippen molar-refractivity contribution in [3.05, 3.63) is 23.8 Å². The molecule has 0 bridgehead atoms. The molecule has 0 aliphatic carbocycles. The largest absolute Gasteiger partial charge is 0.493 e. The number of rotatable bonds is 8. The summed E-state index contributed by atoms with van der Waals surface area (Å²) in [5, 5.41) is 2.89. The molecule has 1 amide bonds. The number of benzene rings is 1. The molecule has 1 aliphatic rings. The maximum atomic E-state index is 12.5. The van der Waals surface area contributed by atoms with Crippen molar-refractivity contribution >= 4 is 5.91 Å². The lowest BCUT2D eigenvalue weighted by Crippen LogP contribution is -2.49.